The number of aromatic nitrogens is 3. The standard InChI is InChI=1S/C16H21N5/c1-3-13-12(2)19-15(14-6-4-5-7-18-14)20-16(13)21-10-8-17-9-11-21/h4-7,17H,3,8-11H2,1-2H3. The molecule has 2 aromatic heterocycles. The van der Waals surface area contributed by atoms with Gasteiger partial charge in [0, 0.05) is 43.6 Å². The van der Waals surface area contributed by atoms with Crippen molar-refractivity contribution in [2.24, 2.45) is 0 Å². The Labute approximate surface area is 125 Å². The average molecular weight is 283 g/mol. The molecule has 0 aromatic carbocycles. The van der Waals surface area contributed by atoms with Gasteiger partial charge in [-0.15, -0.1) is 0 Å². The Kier molecular flexibility index (Phi) is 4.10. The molecule has 1 saturated heterocycles. The molecule has 1 aliphatic heterocycles. The van der Waals surface area contributed by atoms with Crippen LogP contribution in [0.15, 0.2) is 24.4 Å². The van der Waals surface area contributed by atoms with Gasteiger partial charge < -0.3 is 10.2 Å². The summed E-state index contributed by atoms with van der Waals surface area (Å²) in [6.07, 6.45) is 2.74. The second-order valence-electron chi connectivity index (χ2n) is 5.24. The molecule has 1 N–H and O–H groups in total. The van der Waals surface area contributed by atoms with Crippen LogP contribution in [0, 0.1) is 6.92 Å². The van der Waals surface area contributed by atoms with Crippen molar-refractivity contribution in [3.05, 3.63) is 35.7 Å². The zero-order valence-corrected chi connectivity index (χ0v) is 12.6. The molecule has 0 aliphatic carbocycles. The maximum atomic E-state index is 4.82. The molecular weight excluding hydrogens is 262 g/mol. The fourth-order valence-corrected chi connectivity index (χ4v) is 2.74. The molecule has 21 heavy (non-hydrogen) atoms. The SMILES string of the molecule is CCc1c(C)nc(-c2ccccn2)nc1N1CCNCC1. The molecule has 1 aliphatic rings. The van der Waals surface area contributed by atoms with Crippen LogP contribution in [-0.2, 0) is 6.42 Å². The number of nitrogens with one attached hydrogen (secondary N) is 1. The monoisotopic (exact) mass is 283 g/mol. The summed E-state index contributed by atoms with van der Waals surface area (Å²) in [5.41, 5.74) is 3.14. The summed E-state index contributed by atoms with van der Waals surface area (Å²) in [4.78, 5) is 16.2. The molecular formula is C16H21N5. The van der Waals surface area contributed by atoms with Crippen LogP contribution in [0.25, 0.3) is 11.5 Å². The quantitative estimate of drug-likeness (QED) is 0.931. The van der Waals surface area contributed by atoms with Gasteiger partial charge in [0.25, 0.3) is 0 Å². The first-order valence-electron chi connectivity index (χ1n) is 7.54. The number of anilines is 1. The molecule has 0 spiro atoms. The van der Waals surface area contributed by atoms with Crippen molar-refractivity contribution in [2.45, 2.75) is 20.3 Å². The van der Waals surface area contributed by atoms with Crippen LogP contribution in [-0.4, -0.2) is 41.1 Å². The lowest BCUT2D eigenvalue weighted by atomic mass is 10.1. The topological polar surface area (TPSA) is 53.9 Å². The zero-order chi connectivity index (χ0) is 14.7. The van der Waals surface area contributed by atoms with Crippen molar-refractivity contribution < 1.29 is 0 Å². The molecule has 3 rings (SSSR count). The maximum absolute atomic E-state index is 4.82. The van der Waals surface area contributed by atoms with Crippen LogP contribution < -0.4 is 10.2 Å². The fraction of sp³-hybridized carbons (Fsp3) is 0.438. The van der Waals surface area contributed by atoms with Crippen LogP contribution in [0.3, 0.4) is 0 Å². The summed E-state index contributed by atoms with van der Waals surface area (Å²) in [6.45, 7) is 8.23. The fourth-order valence-electron chi connectivity index (χ4n) is 2.74. The third-order valence-corrected chi connectivity index (χ3v) is 3.86. The van der Waals surface area contributed by atoms with Gasteiger partial charge >= 0.3 is 0 Å². The van der Waals surface area contributed by atoms with Crippen molar-refractivity contribution in [2.75, 3.05) is 31.1 Å². The molecule has 5 heteroatoms. The maximum Gasteiger partial charge on any atom is 0.180 e. The lowest BCUT2D eigenvalue weighted by Crippen LogP contribution is -2.44. The summed E-state index contributed by atoms with van der Waals surface area (Å²) in [5, 5.41) is 3.39. The van der Waals surface area contributed by atoms with E-state index in [1.54, 1.807) is 6.20 Å². The van der Waals surface area contributed by atoms with Crippen LogP contribution in [0.2, 0.25) is 0 Å². The lowest BCUT2D eigenvalue weighted by molar-refractivity contribution is 0.582. The molecule has 0 atom stereocenters. The van der Waals surface area contributed by atoms with E-state index in [1.165, 1.54) is 5.56 Å². The van der Waals surface area contributed by atoms with Gasteiger partial charge in [-0.05, 0) is 25.5 Å². The third-order valence-electron chi connectivity index (χ3n) is 3.86. The Morgan fingerprint density at radius 2 is 2.00 bits per heavy atom. The van der Waals surface area contributed by atoms with Gasteiger partial charge in [0.2, 0.25) is 0 Å². The number of nitrogens with zero attached hydrogens (tertiary/aromatic N) is 4. The summed E-state index contributed by atoms with van der Waals surface area (Å²) < 4.78 is 0. The van der Waals surface area contributed by atoms with Gasteiger partial charge in [0.1, 0.15) is 11.5 Å². The molecule has 0 unspecified atom stereocenters. The van der Waals surface area contributed by atoms with Crippen molar-refractivity contribution in [3.8, 4) is 11.5 Å². The highest BCUT2D eigenvalue weighted by molar-refractivity contribution is 5.57. The van der Waals surface area contributed by atoms with E-state index in [2.05, 4.69) is 34.0 Å². The minimum atomic E-state index is 0.721. The number of rotatable bonds is 3. The third kappa shape index (κ3) is 2.88. The molecule has 0 bridgehead atoms. The summed E-state index contributed by atoms with van der Waals surface area (Å²) >= 11 is 0. The second kappa shape index (κ2) is 6.18. The van der Waals surface area contributed by atoms with Gasteiger partial charge in [-0.3, -0.25) is 4.98 Å². The Bertz CT molecular complexity index is 606. The van der Waals surface area contributed by atoms with Crippen LogP contribution in [0.5, 0.6) is 0 Å². The summed E-state index contributed by atoms with van der Waals surface area (Å²) in [6, 6.07) is 5.84. The Morgan fingerprint density at radius 3 is 2.67 bits per heavy atom. The Morgan fingerprint density at radius 1 is 1.19 bits per heavy atom. The number of hydrogen-bond donors (Lipinski definition) is 1. The first-order valence-corrected chi connectivity index (χ1v) is 7.54. The Hall–Kier alpha value is -2.01. The molecule has 0 radical (unpaired) electrons. The predicted octanol–water partition coefficient (Wildman–Crippen LogP) is 1.82. The zero-order valence-electron chi connectivity index (χ0n) is 12.6. The average Bonchev–Trinajstić information content (AvgIpc) is 2.55. The van der Waals surface area contributed by atoms with E-state index >= 15 is 0 Å². The molecule has 2 aromatic rings. The van der Waals surface area contributed by atoms with Crippen LogP contribution >= 0.6 is 0 Å². The van der Waals surface area contributed by atoms with Gasteiger partial charge in [0.15, 0.2) is 5.82 Å². The molecule has 1 fully saturated rings. The number of pyridine rings is 1. The van der Waals surface area contributed by atoms with Gasteiger partial charge in [-0.25, -0.2) is 9.97 Å². The number of aryl methyl sites for hydroxylation is 1. The highest BCUT2D eigenvalue weighted by Crippen LogP contribution is 2.25. The van der Waals surface area contributed by atoms with Crippen LogP contribution in [0.1, 0.15) is 18.2 Å². The molecule has 5 nitrogen and oxygen atoms in total. The summed E-state index contributed by atoms with van der Waals surface area (Å²) in [5.74, 6) is 1.80. The van der Waals surface area contributed by atoms with E-state index < -0.39 is 0 Å². The second-order valence-corrected chi connectivity index (χ2v) is 5.24. The Balaban J connectivity index is 2.06. The van der Waals surface area contributed by atoms with E-state index in [9.17, 15) is 0 Å². The largest absolute Gasteiger partial charge is 0.354 e. The number of piperazine rings is 1. The van der Waals surface area contributed by atoms with Crippen molar-refractivity contribution in [1.82, 2.24) is 20.3 Å². The minimum absolute atomic E-state index is 0.721. The van der Waals surface area contributed by atoms with E-state index in [-0.39, 0.29) is 0 Å². The minimum Gasteiger partial charge on any atom is -0.354 e. The predicted molar refractivity (Wildman–Crippen MR) is 84.5 cm³/mol. The first-order chi connectivity index (χ1) is 10.3. The van der Waals surface area contributed by atoms with E-state index in [0.29, 0.717) is 0 Å². The molecule has 0 saturated carbocycles. The number of hydrogen-bond acceptors (Lipinski definition) is 5. The lowest BCUT2D eigenvalue weighted by Gasteiger charge is -2.30. The van der Waals surface area contributed by atoms with Gasteiger partial charge in [0.05, 0.1) is 0 Å². The van der Waals surface area contributed by atoms with Crippen molar-refractivity contribution >= 4 is 5.82 Å². The highest BCUT2D eigenvalue weighted by Gasteiger charge is 2.19. The molecule has 110 valence electrons. The van der Waals surface area contributed by atoms with Crippen molar-refractivity contribution in [1.29, 1.82) is 0 Å². The normalized spacial score (nSPS) is 15.2. The van der Waals surface area contributed by atoms with E-state index in [1.807, 2.05) is 18.2 Å². The van der Waals surface area contributed by atoms with Crippen LogP contribution in [0.4, 0.5) is 5.82 Å². The van der Waals surface area contributed by atoms with E-state index in [4.69, 9.17) is 4.98 Å². The van der Waals surface area contributed by atoms with Crippen molar-refractivity contribution in [3.63, 3.8) is 0 Å². The first kappa shape index (κ1) is 13.9. The van der Waals surface area contributed by atoms with Gasteiger partial charge in [-0.1, -0.05) is 13.0 Å². The molecule has 0 amide bonds. The summed E-state index contributed by atoms with van der Waals surface area (Å²) in [7, 11) is 0. The highest BCUT2D eigenvalue weighted by atomic mass is 15.2. The van der Waals surface area contributed by atoms with E-state index in [0.717, 1.165) is 55.6 Å². The molecule has 3 heterocycles. The smallest absolute Gasteiger partial charge is 0.180 e. The van der Waals surface area contributed by atoms with Gasteiger partial charge in [-0.2, -0.15) is 0 Å².